The predicted molar refractivity (Wildman–Crippen MR) is 90.1 cm³/mol. The second-order valence-corrected chi connectivity index (χ2v) is 6.39. The Balaban J connectivity index is 1.99. The molecule has 5 atom stereocenters. The van der Waals surface area contributed by atoms with Gasteiger partial charge in [0.15, 0.2) is 18.5 Å². The first-order valence-corrected chi connectivity index (χ1v) is 8.30. The second kappa shape index (κ2) is 7.17. The lowest BCUT2D eigenvalue weighted by molar-refractivity contribution is -0.272. The molecule has 0 radical (unpaired) electrons. The fourth-order valence-corrected chi connectivity index (χ4v) is 3.54. The minimum Gasteiger partial charge on any atom is -0.482 e. The van der Waals surface area contributed by atoms with Crippen LogP contribution in [0.5, 0.6) is 5.75 Å². The molecule has 132 valence electrons. The summed E-state index contributed by atoms with van der Waals surface area (Å²) in [4.78, 5) is 0. The Morgan fingerprint density at radius 3 is 2.75 bits per heavy atom. The van der Waals surface area contributed by atoms with Gasteiger partial charge in [-0.1, -0.05) is 17.7 Å². The second-order valence-electron chi connectivity index (χ2n) is 5.61. The molecule has 0 saturated carbocycles. The fourth-order valence-electron chi connectivity index (χ4n) is 2.88. The predicted octanol–water partition coefficient (Wildman–Crippen LogP) is 1.34. The molecule has 0 unspecified atom stereocenters. The van der Waals surface area contributed by atoms with Crippen molar-refractivity contribution in [2.24, 2.45) is 7.05 Å². The zero-order valence-electron chi connectivity index (χ0n) is 12.7. The monoisotopic (exact) mass is 421 g/mol. The number of hydrogen-bond acceptors (Lipinski definition) is 6. The van der Waals surface area contributed by atoms with Gasteiger partial charge in [-0.15, -0.1) is 0 Å². The summed E-state index contributed by atoms with van der Waals surface area (Å²) in [6.45, 7) is -0.469. The number of aliphatic hydroxyl groups is 3. The average Bonchev–Trinajstić information content (AvgIpc) is 2.88. The highest BCUT2D eigenvalue weighted by atomic mass is 79.9. The van der Waals surface area contributed by atoms with E-state index in [-0.39, 0.29) is 0 Å². The minimum absolute atomic E-state index is 0.433. The van der Waals surface area contributed by atoms with Gasteiger partial charge in [0, 0.05) is 13.2 Å². The number of nitrogens with zero attached hydrogens (tertiary/aromatic N) is 1. The first-order valence-electron chi connectivity index (χ1n) is 7.28. The SMILES string of the molecule is Cn1cc(O[C@H]2[C@H](O)[C@@H](CO)O[C@@H](O)[C@@H]2OBr)c2c(Cl)cccc21. The molecule has 1 saturated heterocycles. The number of ether oxygens (including phenoxy) is 2. The third kappa shape index (κ3) is 3.03. The van der Waals surface area contributed by atoms with Crippen LogP contribution in [0.1, 0.15) is 0 Å². The molecular formula is C15H17BrClNO6. The van der Waals surface area contributed by atoms with Crippen molar-refractivity contribution in [1.82, 2.24) is 4.57 Å². The fraction of sp³-hybridized carbons (Fsp3) is 0.467. The molecule has 0 amide bonds. The van der Waals surface area contributed by atoms with Gasteiger partial charge in [-0.25, -0.2) is 0 Å². The van der Waals surface area contributed by atoms with Crippen LogP contribution < -0.4 is 4.74 Å². The van der Waals surface area contributed by atoms with Crippen LogP contribution in [0.3, 0.4) is 0 Å². The minimum atomic E-state index is -1.37. The highest BCUT2D eigenvalue weighted by Crippen LogP contribution is 2.36. The van der Waals surface area contributed by atoms with E-state index in [0.29, 0.717) is 16.2 Å². The lowest BCUT2D eigenvalue weighted by Gasteiger charge is -2.40. The smallest absolute Gasteiger partial charge is 0.186 e. The van der Waals surface area contributed by atoms with Crippen LogP contribution in [0.25, 0.3) is 10.9 Å². The molecule has 2 heterocycles. The van der Waals surface area contributed by atoms with Gasteiger partial charge >= 0.3 is 0 Å². The van der Waals surface area contributed by atoms with Crippen molar-refractivity contribution in [3.8, 4) is 5.75 Å². The molecule has 3 rings (SSSR count). The number of rotatable bonds is 4. The normalized spacial score (nSPS) is 30.7. The maximum atomic E-state index is 10.4. The van der Waals surface area contributed by atoms with E-state index in [1.54, 1.807) is 12.3 Å². The quantitative estimate of drug-likeness (QED) is 0.689. The van der Waals surface area contributed by atoms with Gasteiger partial charge < -0.3 is 29.4 Å². The molecule has 7 nitrogen and oxygen atoms in total. The van der Waals surface area contributed by atoms with Crippen molar-refractivity contribution < 1.29 is 28.6 Å². The molecule has 0 bridgehead atoms. The summed E-state index contributed by atoms with van der Waals surface area (Å²) in [5.74, 6) is 0.433. The van der Waals surface area contributed by atoms with E-state index in [4.69, 9.17) is 24.9 Å². The summed E-state index contributed by atoms with van der Waals surface area (Å²) < 4.78 is 17.9. The molecule has 1 aliphatic heterocycles. The third-order valence-electron chi connectivity index (χ3n) is 4.11. The maximum Gasteiger partial charge on any atom is 0.186 e. The van der Waals surface area contributed by atoms with Gasteiger partial charge in [0.1, 0.15) is 18.0 Å². The van der Waals surface area contributed by atoms with Crippen molar-refractivity contribution in [2.45, 2.75) is 30.7 Å². The molecule has 0 spiro atoms. The molecule has 1 aromatic carbocycles. The highest BCUT2D eigenvalue weighted by Gasteiger charge is 2.47. The molecule has 24 heavy (non-hydrogen) atoms. The van der Waals surface area contributed by atoms with Gasteiger partial charge in [0.25, 0.3) is 0 Å². The molecule has 2 aromatic rings. The van der Waals surface area contributed by atoms with E-state index < -0.39 is 37.3 Å². The molecule has 1 aliphatic rings. The number of benzene rings is 1. The van der Waals surface area contributed by atoms with Crippen LogP contribution in [0.15, 0.2) is 24.4 Å². The van der Waals surface area contributed by atoms with Crippen molar-refractivity contribution in [2.75, 3.05) is 6.61 Å². The summed E-state index contributed by atoms with van der Waals surface area (Å²) >= 11 is 9.09. The van der Waals surface area contributed by atoms with E-state index in [9.17, 15) is 15.3 Å². The first-order chi connectivity index (χ1) is 11.5. The van der Waals surface area contributed by atoms with Gasteiger partial charge in [0.2, 0.25) is 0 Å². The summed E-state index contributed by atoms with van der Waals surface area (Å²) in [5, 5.41) is 30.9. The topological polar surface area (TPSA) is 93.3 Å². The van der Waals surface area contributed by atoms with Gasteiger partial charge in [0.05, 0.1) is 38.8 Å². The van der Waals surface area contributed by atoms with Crippen LogP contribution in [0.2, 0.25) is 5.02 Å². The molecular weight excluding hydrogens is 406 g/mol. The number of aliphatic hydroxyl groups excluding tert-OH is 3. The Hall–Kier alpha value is -0.870. The number of aromatic nitrogens is 1. The summed E-state index contributed by atoms with van der Waals surface area (Å²) in [6.07, 6.45) is -3.83. The lowest BCUT2D eigenvalue weighted by atomic mass is 9.99. The number of halogens is 2. The Morgan fingerprint density at radius 2 is 2.08 bits per heavy atom. The Labute approximate surface area is 151 Å². The number of aryl methyl sites for hydroxylation is 1. The first kappa shape index (κ1) is 17.9. The standard InChI is InChI=1S/C15H17BrClNO6/c1-18-5-9(11-7(17)3-2-4-8(11)18)22-13-12(20)10(6-19)23-15(21)14(13)24-16/h2-5,10,12-15,19-21H,6H2,1H3/t10-,12-,13+,14-,15-/m1/s1. The summed E-state index contributed by atoms with van der Waals surface area (Å²) in [7, 11) is 1.84. The maximum absolute atomic E-state index is 10.4. The van der Waals surface area contributed by atoms with Gasteiger partial charge in [-0.3, -0.25) is 3.83 Å². The molecule has 1 aromatic heterocycles. The van der Waals surface area contributed by atoms with E-state index in [1.807, 2.05) is 23.7 Å². The van der Waals surface area contributed by atoms with Crippen LogP contribution in [0.4, 0.5) is 0 Å². The van der Waals surface area contributed by atoms with Crippen LogP contribution in [0, 0.1) is 0 Å². The van der Waals surface area contributed by atoms with E-state index >= 15 is 0 Å². The third-order valence-corrected chi connectivity index (χ3v) is 4.86. The summed E-state index contributed by atoms with van der Waals surface area (Å²) in [5.41, 5.74) is 0.856. The van der Waals surface area contributed by atoms with Crippen molar-refractivity contribution in [3.05, 3.63) is 29.4 Å². The van der Waals surface area contributed by atoms with Crippen LogP contribution in [-0.4, -0.2) is 57.2 Å². The molecule has 9 heteroatoms. The Kier molecular flexibility index (Phi) is 5.36. The van der Waals surface area contributed by atoms with E-state index in [2.05, 4.69) is 16.3 Å². The summed E-state index contributed by atoms with van der Waals surface area (Å²) in [6, 6.07) is 5.45. The average molecular weight is 423 g/mol. The molecule has 0 aliphatic carbocycles. The lowest BCUT2D eigenvalue weighted by Crippen LogP contribution is -2.60. The van der Waals surface area contributed by atoms with Crippen molar-refractivity contribution in [3.63, 3.8) is 0 Å². The van der Waals surface area contributed by atoms with Crippen LogP contribution in [-0.2, 0) is 15.6 Å². The largest absolute Gasteiger partial charge is 0.482 e. The number of hydrogen-bond donors (Lipinski definition) is 3. The van der Waals surface area contributed by atoms with Gasteiger partial charge in [-0.2, -0.15) is 0 Å². The van der Waals surface area contributed by atoms with E-state index in [1.165, 1.54) is 0 Å². The van der Waals surface area contributed by atoms with Gasteiger partial charge in [-0.05, 0) is 12.1 Å². The van der Waals surface area contributed by atoms with Crippen molar-refractivity contribution in [1.29, 1.82) is 0 Å². The molecule has 3 N–H and O–H groups in total. The molecule has 1 fully saturated rings. The Bertz CT molecular complexity index is 725. The highest BCUT2D eigenvalue weighted by molar-refractivity contribution is 9.06. The number of fused-ring (bicyclic) bond motifs is 1. The van der Waals surface area contributed by atoms with E-state index in [0.717, 1.165) is 5.52 Å². The Morgan fingerprint density at radius 1 is 1.33 bits per heavy atom. The zero-order chi connectivity index (χ0) is 17.4. The zero-order valence-corrected chi connectivity index (χ0v) is 15.0. The van der Waals surface area contributed by atoms with Crippen LogP contribution >= 0.6 is 27.9 Å². The van der Waals surface area contributed by atoms with Crippen molar-refractivity contribution >= 4 is 38.8 Å².